The highest BCUT2D eigenvalue weighted by Gasteiger charge is 2.38. The quantitative estimate of drug-likeness (QED) is 0.857. The fraction of sp³-hybridized carbons (Fsp3) is 0.643. The van der Waals surface area contributed by atoms with E-state index >= 15 is 0 Å². The number of hydrogen-bond acceptors (Lipinski definition) is 4. The van der Waals surface area contributed by atoms with Crippen molar-refractivity contribution in [3.63, 3.8) is 0 Å². The van der Waals surface area contributed by atoms with E-state index in [4.69, 9.17) is 4.42 Å². The number of amides is 1. The number of carbonyl (C=O) groups is 1. The minimum absolute atomic E-state index is 0.0273. The average molecular weight is 327 g/mol. The molecule has 2 N–H and O–H groups in total. The molecule has 2 aliphatic rings. The first-order valence-corrected chi connectivity index (χ1v) is 9.02. The average Bonchev–Trinajstić information content (AvgIpc) is 3.09. The van der Waals surface area contributed by atoms with Crippen LogP contribution in [0, 0.1) is 6.92 Å². The third-order valence-corrected chi connectivity index (χ3v) is 5.87. The van der Waals surface area contributed by atoms with Crippen LogP contribution in [0.1, 0.15) is 43.2 Å². The lowest BCUT2D eigenvalue weighted by atomic mass is 10.1. The Morgan fingerprint density at radius 3 is 2.82 bits per heavy atom. The Kier molecular flexibility index (Phi) is 4.24. The van der Waals surface area contributed by atoms with E-state index in [-0.39, 0.29) is 18.0 Å². The van der Waals surface area contributed by atoms with E-state index in [0.717, 1.165) is 18.6 Å². The number of hydrogen-bond donors (Lipinski definition) is 2. The number of aryl methyl sites for hydroxylation is 1. The molecule has 1 aromatic rings. The molecule has 8 heteroatoms. The fourth-order valence-electron chi connectivity index (χ4n) is 3.06. The summed E-state index contributed by atoms with van der Waals surface area (Å²) in [5.41, 5.74) is 0. The molecule has 1 aromatic heterocycles. The molecule has 0 saturated carbocycles. The van der Waals surface area contributed by atoms with Gasteiger partial charge in [0.15, 0.2) is 0 Å². The second-order valence-corrected chi connectivity index (χ2v) is 7.53. The zero-order valence-corrected chi connectivity index (χ0v) is 13.4. The summed E-state index contributed by atoms with van der Waals surface area (Å²) in [6.07, 6.45) is 2.46. The van der Waals surface area contributed by atoms with Gasteiger partial charge in [-0.2, -0.15) is 17.4 Å². The Hall–Kier alpha value is -1.38. The van der Waals surface area contributed by atoms with E-state index in [0.29, 0.717) is 31.7 Å². The molecular formula is C14H21N3O4S. The standard InChI is InChI=1S/C14H21N3O4S/c1-10-4-6-13(21-10)12-3-2-8-17(12)22(19,20)16-11-5-7-14(18)15-9-11/h4,6,11-12,16H,2-3,5,7-9H2,1H3,(H,15,18)/t11-,12-/m0/s1. The number of rotatable bonds is 4. The Balaban J connectivity index is 1.72. The molecule has 0 spiro atoms. The molecule has 1 amide bonds. The monoisotopic (exact) mass is 327 g/mol. The van der Waals surface area contributed by atoms with E-state index < -0.39 is 10.2 Å². The van der Waals surface area contributed by atoms with Crippen LogP contribution in [-0.2, 0) is 15.0 Å². The van der Waals surface area contributed by atoms with Gasteiger partial charge in [-0.15, -0.1) is 0 Å². The SMILES string of the molecule is Cc1ccc([C@@H]2CCCN2S(=O)(=O)N[C@H]2CCC(=O)NC2)o1. The minimum atomic E-state index is -3.59. The second kappa shape index (κ2) is 6.02. The Morgan fingerprint density at radius 1 is 1.36 bits per heavy atom. The van der Waals surface area contributed by atoms with E-state index in [9.17, 15) is 13.2 Å². The van der Waals surface area contributed by atoms with Gasteiger partial charge in [-0.3, -0.25) is 4.79 Å². The molecule has 2 fully saturated rings. The van der Waals surface area contributed by atoms with Crippen LogP contribution < -0.4 is 10.0 Å². The molecule has 2 saturated heterocycles. The summed E-state index contributed by atoms with van der Waals surface area (Å²) in [6, 6.07) is 3.20. The largest absolute Gasteiger partial charge is 0.465 e. The van der Waals surface area contributed by atoms with Gasteiger partial charge in [0.25, 0.3) is 10.2 Å². The Bertz CT molecular complexity index is 645. The molecule has 7 nitrogen and oxygen atoms in total. The van der Waals surface area contributed by atoms with Crippen molar-refractivity contribution in [2.75, 3.05) is 13.1 Å². The van der Waals surface area contributed by atoms with Gasteiger partial charge in [0.1, 0.15) is 11.5 Å². The highest BCUT2D eigenvalue weighted by atomic mass is 32.2. The van der Waals surface area contributed by atoms with Gasteiger partial charge in [0.2, 0.25) is 5.91 Å². The van der Waals surface area contributed by atoms with Crippen LogP contribution in [0.25, 0.3) is 0 Å². The van der Waals surface area contributed by atoms with Crippen LogP contribution >= 0.6 is 0 Å². The minimum Gasteiger partial charge on any atom is -0.465 e. The third kappa shape index (κ3) is 3.18. The maximum absolute atomic E-state index is 12.6. The maximum atomic E-state index is 12.6. The van der Waals surface area contributed by atoms with Crippen LogP contribution in [0.4, 0.5) is 0 Å². The molecule has 22 heavy (non-hydrogen) atoms. The van der Waals surface area contributed by atoms with Crippen molar-refractivity contribution in [1.82, 2.24) is 14.3 Å². The van der Waals surface area contributed by atoms with Crippen molar-refractivity contribution in [3.05, 3.63) is 23.7 Å². The van der Waals surface area contributed by atoms with Gasteiger partial charge >= 0.3 is 0 Å². The summed E-state index contributed by atoms with van der Waals surface area (Å²) in [4.78, 5) is 11.2. The molecule has 0 unspecified atom stereocenters. The van der Waals surface area contributed by atoms with Crippen molar-refractivity contribution in [2.45, 2.75) is 44.7 Å². The summed E-state index contributed by atoms with van der Waals surface area (Å²) in [6.45, 7) is 2.68. The van der Waals surface area contributed by atoms with Gasteiger partial charge in [0, 0.05) is 25.6 Å². The second-order valence-electron chi connectivity index (χ2n) is 5.88. The van der Waals surface area contributed by atoms with Gasteiger partial charge in [0.05, 0.1) is 6.04 Å². The van der Waals surface area contributed by atoms with Crippen LogP contribution in [0.5, 0.6) is 0 Å². The lowest BCUT2D eigenvalue weighted by Gasteiger charge is -2.28. The summed E-state index contributed by atoms with van der Waals surface area (Å²) >= 11 is 0. The molecule has 0 aromatic carbocycles. The molecule has 122 valence electrons. The van der Waals surface area contributed by atoms with Gasteiger partial charge in [-0.25, -0.2) is 0 Å². The molecule has 3 heterocycles. The van der Waals surface area contributed by atoms with Crippen molar-refractivity contribution >= 4 is 16.1 Å². The van der Waals surface area contributed by atoms with Gasteiger partial charge in [-0.1, -0.05) is 0 Å². The third-order valence-electron chi connectivity index (χ3n) is 4.18. The highest BCUT2D eigenvalue weighted by molar-refractivity contribution is 7.87. The Labute approximate surface area is 130 Å². The zero-order chi connectivity index (χ0) is 15.7. The number of furan rings is 1. The van der Waals surface area contributed by atoms with E-state index in [1.54, 1.807) is 0 Å². The highest BCUT2D eigenvalue weighted by Crippen LogP contribution is 2.34. The summed E-state index contributed by atoms with van der Waals surface area (Å²) in [5.74, 6) is 1.44. The summed E-state index contributed by atoms with van der Waals surface area (Å²) in [7, 11) is -3.59. The number of piperidine rings is 1. The lowest BCUT2D eigenvalue weighted by molar-refractivity contribution is -0.122. The van der Waals surface area contributed by atoms with Crippen molar-refractivity contribution in [2.24, 2.45) is 0 Å². The number of nitrogens with one attached hydrogen (secondary N) is 2. The summed E-state index contributed by atoms with van der Waals surface area (Å²) < 4.78 is 35.1. The normalized spacial score (nSPS) is 27.0. The lowest BCUT2D eigenvalue weighted by Crippen LogP contribution is -2.51. The molecule has 0 bridgehead atoms. The smallest absolute Gasteiger partial charge is 0.280 e. The molecular weight excluding hydrogens is 306 g/mol. The van der Waals surface area contributed by atoms with Crippen molar-refractivity contribution in [1.29, 1.82) is 0 Å². The van der Waals surface area contributed by atoms with Crippen LogP contribution in [-0.4, -0.2) is 37.8 Å². The van der Waals surface area contributed by atoms with E-state index in [1.807, 2.05) is 19.1 Å². The van der Waals surface area contributed by atoms with Crippen LogP contribution in [0.2, 0.25) is 0 Å². The number of carbonyl (C=O) groups excluding carboxylic acids is 1. The predicted octanol–water partition coefficient (Wildman–Crippen LogP) is 0.838. The van der Waals surface area contributed by atoms with E-state index in [2.05, 4.69) is 10.0 Å². The number of nitrogens with zero attached hydrogens (tertiary/aromatic N) is 1. The maximum Gasteiger partial charge on any atom is 0.280 e. The fourth-order valence-corrected chi connectivity index (χ4v) is 4.73. The van der Waals surface area contributed by atoms with Crippen molar-refractivity contribution < 1.29 is 17.6 Å². The molecule has 3 rings (SSSR count). The first kappa shape index (κ1) is 15.5. The Morgan fingerprint density at radius 2 is 2.18 bits per heavy atom. The van der Waals surface area contributed by atoms with Crippen LogP contribution in [0.15, 0.2) is 16.5 Å². The van der Waals surface area contributed by atoms with E-state index in [1.165, 1.54) is 4.31 Å². The molecule has 0 aliphatic carbocycles. The van der Waals surface area contributed by atoms with Crippen LogP contribution in [0.3, 0.4) is 0 Å². The predicted molar refractivity (Wildman–Crippen MR) is 80.2 cm³/mol. The first-order valence-electron chi connectivity index (χ1n) is 7.58. The van der Waals surface area contributed by atoms with Gasteiger partial charge in [-0.05, 0) is 38.3 Å². The molecule has 2 aliphatic heterocycles. The topological polar surface area (TPSA) is 91.7 Å². The molecule has 2 atom stereocenters. The summed E-state index contributed by atoms with van der Waals surface area (Å²) in [5, 5.41) is 2.69. The van der Waals surface area contributed by atoms with Crippen molar-refractivity contribution in [3.8, 4) is 0 Å². The molecule has 0 radical (unpaired) electrons. The first-order chi connectivity index (χ1) is 10.5. The zero-order valence-electron chi connectivity index (χ0n) is 12.5. The van der Waals surface area contributed by atoms with Gasteiger partial charge < -0.3 is 9.73 Å².